The maximum absolute atomic E-state index is 12.5. The maximum Gasteiger partial charge on any atom is 0.238 e. The summed E-state index contributed by atoms with van der Waals surface area (Å²) in [6.45, 7) is 6.24. The molecule has 0 unspecified atom stereocenters. The molecule has 5 heteroatoms. The van der Waals surface area contributed by atoms with Crippen LogP contribution in [0.5, 0.6) is 0 Å². The van der Waals surface area contributed by atoms with Gasteiger partial charge in [-0.1, -0.05) is 35.9 Å². The minimum Gasteiger partial charge on any atom is -0.361 e. The largest absolute Gasteiger partial charge is 0.361 e. The molecule has 0 atom stereocenters. The number of nitrogens with one attached hydrogen (secondary N) is 2. The highest BCUT2D eigenvalue weighted by Gasteiger charge is 2.24. The molecule has 0 aliphatic carbocycles. The van der Waals surface area contributed by atoms with Crippen molar-refractivity contribution in [2.75, 3.05) is 25.0 Å². The van der Waals surface area contributed by atoms with E-state index >= 15 is 0 Å². The fourth-order valence-corrected chi connectivity index (χ4v) is 4.66. The van der Waals surface area contributed by atoms with Crippen LogP contribution in [0.1, 0.15) is 35.4 Å². The third kappa shape index (κ3) is 3.94. The number of H-pyrrole nitrogens is 1. The van der Waals surface area contributed by atoms with Gasteiger partial charge in [0.2, 0.25) is 5.91 Å². The fraction of sp³-hybridized carbons (Fsp3) is 0.348. The molecule has 4 rings (SSSR count). The van der Waals surface area contributed by atoms with Crippen LogP contribution >= 0.6 is 11.6 Å². The quantitative estimate of drug-likeness (QED) is 0.633. The molecule has 1 amide bonds. The highest BCUT2D eigenvalue weighted by atomic mass is 35.5. The summed E-state index contributed by atoms with van der Waals surface area (Å²) in [6, 6.07) is 12.4. The Kier molecular flexibility index (Phi) is 5.42. The number of anilines is 1. The Hall–Kier alpha value is -2.30. The van der Waals surface area contributed by atoms with Gasteiger partial charge < -0.3 is 10.3 Å². The van der Waals surface area contributed by atoms with Gasteiger partial charge in [-0.25, -0.2) is 0 Å². The Morgan fingerprint density at radius 1 is 1.21 bits per heavy atom. The molecule has 2 N–H and O–H groups in total. The van der Waals surface area contributed by atoms with E-state index in [-0.39, 0.29) is 5.91 Å². The van der Waals surface area contributed by atoms with Crippen LogP contribution in [0.2, 0.25) is 5.02 Å². The number of fused-ring (bicyclic) bond motifs is 1. The van der Waals surface area contributed by atoms with E-state index in [0.29, 0.717) is 17.5 Å². The average Bonchev–Trinajstić information content (AvgIpc) is 3.09. The molecule has 2 heterocycles. The van der Waals surface area contributed by atoms with Crippen LogP contribution in [0.3, 0.4) is 0 Å². The van der Waals surface area contributed by atoms with Crippen LogP contribution in [0.15, 0.2) is 42.6 Å². The Labute approximate surface area is 170 Å². The smallest absolute Gasteiger partial charge is 0.238 e. The van der Waals surface area contributed by atoms with Gasteiger partial charge in [-0.05, 0) is 74.5 Å². The second-order valence-electron chi connectivity index (χ2n) is 7.83. The summed E-state index contributed by atoms with van der Waals surface area (Å²) < 4.78 is 0. The van der Waals surface area contributed by atoms with E-state index in [1.54, 1.807) is 0 Å². The lowest BCUT2D eigenvalue weighted by Gasteiger charge is -2.31. The van der Waals surface area contributed by atoms with Crippen molar-refractivity contribution in [1.82, 2.24) is 9.88 Å². The van der Waals surface area contributed by atoms with E-state index in [2.05, 4.69) is 45.7 Å². The van der Waals surface area contributed by atoms with Crippen molar-refractivity contribution in [2.24, 2.45) is 0 Å². The first-order valence-corrected chi connectivity index (χ1v) is 10.2. The molecule has 28 heavy (non-hydrogen) atoms. The van der Waals surface area contributed by atoms with Gasteiger partial charge >= 0.3 is 0 Å². The first-order valence-electron chi connectivity index (χ1n) is 9.86. The number of piperidine rings is 1. The third-order valence-electron chi connectivity index (χ3n) is 5.71. The molecule has 4 nitrogen and oxygen atoms in total. The zero-order valence-corrected chi connectivity index (χ0v) is 17.1. The number of nitrogens with zero attached hydrogens (tertiary/aromatic N) is 1. The third-order valence-corrected chi connectivity index (χ3v) is 6.01. The zero-order chi connectivity index (χ0) is 19.7. The summed E-state index contributed by atoms with van der Waals surface area (Å²) in [5.74, 6) is 0.545. The number of halogens is 1. The van der Waals surface area contributed by atoms with Crippen molar-refractivity contribution in [3.63, 3.8) is 0 Å². The average molecular weight is 396 g/mol. The van der Waals surface area contributed by atoms with Crippen LogP contribution in [-0.2, 0) is 4.79 Å². The van der Waals surface area contributed by atoms with Crippen LogP contribution < -0.4 is 5.32 Å². The van der Waals surface area contributed by atoms with Gasteiger partial charge in [-0.15, -0.1) is 0 Å². The standard InChI is InChI=1S/C23H26ClN3O/c1-15-11-16(2)23(20(24)12-15)26-22(28)14-27-9-7-17(8-10-27)19-13-25-21-6-4-3-5-18(19)21/h3-6,11-13,17,25H,7-10,14H2,1-2H3,(H,26,28). The number of aromatic nitrogens is 1. The van der Waals surface area contributed by atoms with E-state index in [4.69, 9.17) is 11.6 Å². The summed E-state index contributed by atoms with van der Waals surface area (Å²) in [5.41, 5.74) is 5.42. The van der Waals surface area contributed by atoms with Crippen molar-refractivity contribution in [3.8, 4) is 0 Å². The molecule has 0 spiro atoms. The highest BCUT2D eigenvalue weighted by molar-refractivity contribution is 6.34. The van der Waals surface area contributed by atoms with Crippen molar-refractivity contribution in [3.05, 3.63) is 64.3 Å². The molecule has 1 aliphatic rings. The monoisotopic (exact) mass is 395 g/mol. The summed E-state index contributed by atoms with van der Waals surface area (Å²) in [4.78, 5) is 18.2. The van der Waals surface area contributed by atoms with Crippen molar-refractivity contribution in [1.29, 1.82) is 0 Å². The van der Waals surface area contributed by atoms with Gasteiger partial charge in [0.1, 0.15) is 0 Å². The van der Waals surface area contributed by atoms with Crippen LogP contribution in [0, 0.1) is 13.8 Å². The van der Waals surface area contributed by atoms with E-state index in [0.717, 1.165) is 42.7 Å². The predicted molar refractivity (Wildman–Crippen MR) is 116 cm³/mol. The molecule has 3 aromatic rings. The minimum atomic E-state index is -0.000558. The normalized spacial score (nSPS) is 15.8. The second-order valence-corrected chi connectivity index (χ2v) is 8.23. The number of carbonyl (C=O) groups excluding carboxylic acids is 1. The maximum atomic E-state index is 12.5. The molecular formula is C23H26ClN3O. The molecule has 0 radical (unpaired) electrons. The Morgan fingerprint density at radius 2 is 1.96 bits per heavy atom. The minimum absolute atomic E-state index is 0.000558. The summed E-state index contributed by atoms with van der Waals surface area (Å²) in [6.07, 6.45) is 4.29. The van der Waals surface area contributed by atoms with Gasteiger partial charge in [0.25, 0.3) is 0 Å². The topological polar surface area (TPSA) is 48.1 Å². The number of likely N-dealkylation sites (tertiary alicyclic amines) is 1. The summed E-state index contributed by atoms with van der Waals surface area (Å²) >= 11 is 6.31. The Bertz CT molecular complexity index is 979. The molecule has 1 fully saturated rings. The van der Waals surface area contributed by atoms with E-state index in [1.165, 1.54) is 16.5 Å². The summed E-state index contributed by atoms with van der Waals surface area (Å²) in [7, 11) is 0. The van der Waals surface area contributed by atoms with Crippen LogP contribution in [0.4, 0.5) is 5.69 Å². The first kappa shape index (κ1) is 19.0. The molecule has 146 valence electrons. The second kappa shape index (κ2) is 7.98. The van der Waals surface area contributed by atoms with E-state index in [9.17, 15) is 4.79 Å². The zero-order valence-electron chi connectivity index (χ0n) is 16.4. The number of hydrogen-bond donors (Lipinski definition) is 2. The van der Waals surface area contributed by atoms with Crippen molar-refractivity contribution < 1.29 is 4.79 Å². The number of rotatable bonds is 4. The lowest BCUT2D eigenvalue weighted by atomic mass is 9.89. The molecule has 0 bridgehead atoms. The number of amides is 1. The number of aromatic amines is 1. The molecule has 2 aromatic carbocycles. The SMILES string of the molecule is Cc1cc(C)c(NC(=O)CN2CCC(c3c[nH]c4ccccc34)CC2)c(Cl)c1. The lowest BCUT2D eigenvalue weighted by molar-refractivity contribution is -0.117. The predicted octanol–water partition coefficient (Wildman–Crippen LogP) is 5.26. The van der Waals surface area contributed by atoms with E-state index in [1.807, 2.05) is 26.0 Å². The molecule has 0 saturated carbocycles. The van der Waals surface area contributed by atoms with Crippen LogP contribution in [-0.4, -0.2) is 35.4 Å². The van der Waals surface area contributed by atoms with Gasteiger partial charge in [0.15, 0.2) is 0 Å². The number of hydrogen-bond acceptors (Lipinski definition) is 2. The van der Waals surface area contributed by atoms with E-state index < -0.39 is 0 Å². The summed E-state index contributed by atoms with van der Waals surface area (Å²) in [5, 5.41) is 4.92. The van der Waals surface area contributed by atoms with Crippen molar-refractivity contribution in [2.45, 2.75) is 32.6 Å². The number of benzene rings is 2. The van der Waals surface area contributed by atoms with Crippen molar-refractivity contribution >= 4 is 34.1 Å². The van der Waals surface area contributed by atoms with Gasteiger partial charge in [-0.2, -0.15) is 0 Å². The molecular weight excluding hydrogens is 370 g/mol. The number of para-hydroxylation sites is 1. The first-order chi connectivity index (χ1) is 13.5. The van der Waals surface area contributed by atoms with Crippen LogP contribution in [0.25, 0.3) is 10.9 Å². The molecule has 1 aliphatic heterocycles. The Morgan fingerprint density at radius 3 is 2.71 bits per heavy atom. The Balaban J connectivity index is 1.35. The van der Waals surface area contributed by atoms with Gasteiger partial charge in [0.05, 0.1) is 17.3 Å². The molecule has 1 aromatic heterocycles. The van der Waals surface area contributed by atoms with Gasteiger partial charge in [0, 0.05) is 17.1 Å². The fourth-order valence-electron chi connectivity index (χ4n) is 4.29. The lowest BCUT2D eigenvalue weighted by Crippen LogP contribution is -2.38. The molecule has 1 saturated heterocycles. The highest BCUT2D eigenvalue weighted by Crippen LogP contribution is 2.33. The van der Waals surface area contributed by atoms with Gasteiger partial charge in [-0.3, -0.25) is 9.69 Å². The number of aryl methyl sites for hydroxylation is 2. The number of carbonyl (C=O) groups is 1.